The molecule has 0 aliphatic heterocycles. The van der Waals surface area contributed by atoms with E-state index in [0.717, 1.165) is 4.90 Å². The Balaban J connectivity index is 2.55. The number of benzene rings is 1. The van der Waals surface area contributed by atoms with Gasteiger partial charge in [0.1, 0.15) is 0 Å². The second-order valence-corrected chi connectivity index (χ2v) is 4.45. The van der Waals surface area contributed by atoms with E-state index in [0.29, 0.717) is 16.3 Å². The van der Waals surface area contributed by atoms with Crippen LogP contribution in [0, 0.1) is 0 Å². The fraction of sp³-hybridized carbons (Fsp3) is 0.0909. The van der Waals surface area contributed by atoms with Crippen LogP contribution in [0.1, 0.15) is 10.5 Å². The zero-order valence-corrected chi connectivity index (χ0v) is 10.4. The number of carboxylic acid groups (broad SMARTS) is 1. The third-order valence-electron chi connectivity index (χ3n) is 2.17. The molecule has 0 atom stereocenters. The summed E-state index contributed by atoms with van der Waals surface area (Å²) in [6.07, 6.45) is 1.91. The van der Waals surface area contributed by atoms with E-state index in [2.05, 4.69) is 5.16 Å². The Labute approximate surface area is 107 Å². The highest BCUT2D eigenvalue weighted by atomic mass is 35.5. The Kier molecular flexibility index (Phi) is 3.40. The molecule has 0 saturated heterocycles. The third kappa shape index (κ3) is 2.30. The van der Waals surface area contributed by atoms with E-state index < -0.39 is 5.97 Å². The van der Waals surface area contributed by atoms with Crippen molar-refractivity contribution in [3.05, 3.63) is 35.0 Å². The molecule has 0 unspecified atom stereocenters. The first-order chi connectivity index (χ1) is 8.13. The maximum Gasteiger partial charge on any atom is 0.358 e. The molecule has 0 fully saturated rings. The molecule has 88 valence electrons. The monoisotopic (exact) mass is 269 g/mol. The number of aromatic carboxylic acids is 1. The van der Waals surface area contributed by atoms with Crippen LogP contribution in [0.15, 0.2) is 33.7 Å². The summed E-state index contributed by atoms with van der Waals surface area (Å²) in [6.45, 7) is 0. The Bertz CT molecular complexity index is 568. The first kappa shape index (κ1) is 12.0. The fourth-order valence-corrected chi connectivity index (χ4v) is 2.36. The Morgan fingerprint density at radius 2 is 2.29 bits per heavy atom. The highest BCUT2D eigenvalue weighted by Crippen LogP contribution is 2.36. The molecule has 1 heterocycles. The van der Waals surface area contributed by atoms with E-state index in [1.165, 1.54) is 17.8 Å². The van der Waals surface area contributed by atoms with Gasteiger partial charge in [-0.25, -0.2) is 4.79 Å². The third-order valence-corrected chi connectivity index (χ3v) is 3.27. The van der Waals surface area contributed by atoms with Crippen molar-refractivity contribution in [3.8, 4) is 11.3 Å². The predicted octanol–water partition coefficient (Wildman–Crippen LogP) is 3.42. The van der Waals surface area contributed by atoms with Gasteiger partial charge < -0.3 is 9.63 Å². The molecule has 2 rings (SSSR count). The van der Waals surface area contributed by atoms with Gasteiger partial charge in [-0.05, 0) is 18.4 Å². The van der Waals surface area contributed by atoms with Crippen LogP contribution in [-0.4, -0.2) is 22.5 Å². The lowest BCUT2D eigenvalue weighted by molar-refractivity contribution is 0.0686. The molecule has 4 nitrogen and oxygen atoms in total. The average molecular weight is 270 g/mol. The van der Waals surface area contributed by atoms with Crippen LogP contribution in [0.4, 0.5) is 0 Å². The quantitative estimate of drug-likeness (QED) is 0.865. The fourth-order valence-electron chi connectivity index (χ4n) is 1.41. The van der Waals surface area contributed by atoms with E-state index in [1.54, 1.807) is 6.07 Å². The molecule has 1 aromatic carbocycles. The maximum absolute atomic E-state index is 10.7. The number of halogens is 1. The molecule has 0 saturated carbocycles. The standard InChI is InChI=1S/C11H8ClNO3S/c1-17-9-4-2-3-6(12)10(9)8-5-7(11(14)15)13-16-8/h2-5H,1H3,(H,14,15). The van der Waals surface area contributed by atoms with E-state index in [9.17, 15) is 4.79 Å². The van der Waals surface area contributed by atoms with Crippen molar-refractivity contribution in [2.24, 2.45) is 0 Å². The topological polar surface area (TPSA) is 63.3 Å². The van der Waals surface area contributed by atoms with Crippen molar-refractivity contribution in [3.63, 3.8) is 0 Å². The molecule has 6 heteroatoms. The maximum atomic E-state index is 10.7. The zero-order valence-electron chi connectivity index (χ0n) is 8.81. The van der Waals surface area contributed by atoms with E-state index in [-0.39, 0.29) is 5.69 Å². The van der Waals surface area contributed by atoms with E-state index in [1.807, 2.05) is 18.4 Å². The molecule has 0 bridgehead atoms. The number of carbonyl (C=O) groups is 1. The molecule has 1 aromatic heterocycles. The van der Waals surface area contributed by atoms with Gasteiger partial charge in [-0.1, -0.05) is 22.8 Å². The lowest BCUT2D eigenvalue weighted by Crippen LogP contribution is -1.94. The lowest BCUT2D eigenvalue weighted by atomic mass is 10.1. The van der Waals surface area contributed by atoms with Gasteiger partial charge in [0.2, 0.25) is 0 Å². The minimum atomic E-state index is -1.13. The van der Waals surface area contributed by atoms with Gasteiger partial charge in [-0.3, -0.25) is 0 Å². The van der Waals surface area contributed by atoms with Crippen LogP contribution in [-0.2, 0) is 0 Å². The Morgan fingerprint density at radius 1 is 1.53 bits per heavy atom. The molecule has 0 amide bonds. The highest BCUT2D eigenvalue weighted by molar-refractivity contribution is 7.98. The summed E-state index contributed by atoms with van der Waals surface area (Å²) in [5.74, 6) is -0.768. The van der Waals surface area contributed by atoms with Gasteiger partial charge in [0.05, 0.1) is 10.6 Å². The number of nitrogens with zero attached hydrogens (tertiary/aromatic N) is 1. The minimum Gasteiger partial charge on any atom is -0.476 e. The second-order valence-electron chi connectivity index (χ2n) is 3.20. The summed E-state index contributed by atoms with van der Waals surface area (Å²) in [4.78, 5) is 11.6. The van der Waals surface area contributed by atoms with Gasteiger partial charge in [0, 0.05) is 11.0 Å². The zero-order chi connectivity index (χ0) is 12.4. The molecular weight excluding hydrogens is 262 g/mol. The molecule has 0 spiro atoms. The Hall–Kier alpha value is -1.46. The van der Waals surface area contributed by atoms with Crippen LogP contribution < -0.4 is 0 Å². The number of aromatic nitrogens is 1. The number of rotatable bonds is 3. The minimum absolute atomic E-state index is 0.132. The normalized spacial score (nSPS) is 10.5. The van der Waals surface area contributed by atoms with Gasteiger partial charge in [0.15, 0.2) is 11.5 Å². The predicted molar refractivity (Wildman–Crippen MR) is 65.7 cm³/mol. The van der Waals surface area contributed by atoms with Crippen molar-refractivity contribution in [2.45, 2.75) is 4.90 Å². The molecule has 0 radical (unpaired) electrons. The smallest absolute Gasteiger partial charge is 0.358 e. The number of thioether (sulfide) groups is 1. The summed E-state index contributed by atoms with van der Waals surface area (Å²) in [5.41, 5.74) is 0.536. The molecule has 2 aromatic rings. The summed E-state index contributed by atoms with van der Waals surface area (Å²) in [5, 5.41) is 12.8. The summed E-state index contributed by atoms with van der Waals surface area (Å²) >= 11 is 7.59. The van der Waals surface area contributed by atoms with E-state index >= 15 is 0 Å². The molecular formula is C11H8ClNO3S. The summed E-state index contributed by atoms with van der Waals surface area (Å²) < 4.78 is 5.01. The van der Waals surface area contributed by atoms with Gasteiger partial charge >= 0.3 is 5.97 Å². The van der Waals surface area contributed by atoms with Gasteiger partial charge in [-0.2, -0.15) is 0 Å². The highest BCUT2D eigenvalue weighted by Gasteiger charge is 2.17. The average Bonchev–Trinajstić information content (AvgIpc) is 2.77. The number of hydrogen-bond donors (Lipinski definition) is 1. The van der Waals surface area contributed by atoms with Gasteiger partial charge in [0.25, 0.3) is 0 Å². The molecule has 17 heavy (non-hydrogen) atoms. The van der Waals surface area contributed by atoms with E-state index in [4.69, 9.17) is 21.2 Å². The van der Waals surface area contributed by atoms with Gasteiger partial charge in [-0.15, -0.1) is 11.8 Å². The second kappa shape index (κ2) is 4.81. The van der Waals surface area contributed by atoms with Crippen LogP contribution in [0.2, 0.25) is 5.02 Å². The largest absolute Gasteiger partial charge is 0.476 e. The van der Waals surface area contributed by atoms with Crippen LogP contribution >= 0.6 is 23.4 Å². The lowest BCUT2D eigenvalue weighted by Gasteiger charge is -2.05. The summed E-state index contributed by atoms with van der Waals surface area (Å²) in [6, 6.07) is 6.80. The van der Waals surface area contributed by atoms with Crippen molar-refractivity contribution < 1.29 is 14.4 Å². The van der Waals surface area contributed by atoms with Crippen molar-refractivity contribution in [1.29, 1.82) is 0 Å². The van der Waals surface area contributed by atoms with Crippen molar-refractivity contribution in [1.82, 2.24) is 5.16 Å². The van der Waals surface area contributed by atoms with Crippen LogP contribution in [0.25, 0.3) is 11.3 Å². The number of carboxylic acids is 1. The SMILES string of the molecule is CSc1cccc(Cl)c1-c1cc(C(=O)O)no1. The molecule has 1 N–H and O–H groups in total. The van der Waals surface area contributed by atoms with Crippen molar-refractivity contribution >= 4 is 29.3 Å². The Morgan fingerprint density at radius 3 is 2.88 bits per heavy atom. The number of hydrogen-bond acceptors (Lipinski definition) is 4. The molecule has 0 aliphatic rings. The van der Waals surface area contributed by atoms with Crippen molar-refractivity contribution in [2.75, 3.05) is 6.26 Å². The first-order valence-corrected chi connectivity index (χ1v) is 6.26. The van der Waals surface area contributed by atoms with Crippen LogP contribution in [0.3, 0.4) is 0 Å². The summed E-state index contributed by atoms with van der Waals surface area (Å²) in [7, 11) is 0. The van der Waals surface area contributed by atoms with Crippen LogP contribution in [0.5, 0.6) is 0 Å². The molecule has 0 aliphatic carbocycles. The first-order valence-electron chi connectivity index (χ1n) is 4.66.